The average Bonchev–Trinajstić information content (AvgIpc) is 2.72. The van der Waals surface area contributed by atoms with E-state index in [4.69, 9.17) is 4.99 Å². The van der Waals surface area contributed by atoms with Crippen molar-refractivity contribution >= 4 is 5.96 Å². The molecule has 0 atom stereocenters. The molecule has 3 N–H and O–H groups in total. The van der Waals surface area contributed by atoms with Gasteiger partial charge in [-0.25, -0.2) is 4.99 Å². The molecule has 0 aliphatic carbocycles. The predicted octanol–water partition coefficient (Wildman–Crippen LogP) is 3.12. The minimum absolute atomic E-state index is 0.375. The Hall–Kier alpha value is -2.60. The van der Waals surface area contributed by atoms with Crippen LogP contribution in [0.25, 0.3) is 0 Å². The lowest BCUT2D eigenvalue weighted by Gasteiger charge is -2.32. The van der Waals surface area contributed by atoms with Crippen LogP contribution in [0.15, 0.2) is 41.5 Å². The first-order valence-corrected chi connectivity index (χ1v) is 10.5. The fourth-order valence-electron chi connectivity index (χ4n) is 3.78. The van der Waals surface area contributed by atoms with Gasteiger partial charge in [-0.15, -0.1) is 0 Å². The van der Waals surface area contributed by atoms with Crippen molar-refractivity contribution in [3.8, 4) is 5.75 Å². The summed E-state index contributed by atoms with van der Waals surface area (Å²) >= 11 is 0. The van der Waals surface area contributed by atoms with Gasteiger partial charge in [0, 0.05) is 38.4 Å². The summed E-state index contributed by atoms with van der Waals surface area (Å²) in [6, 6.07) is 10.5. The van der Waals surface area contributed by atoms with E-state index in [9.17, 15) is 5.11 Å². The first kappa shape index (κ1) is 21.1. The Balaban J connectivity index is 1.53. The lowest BCUT2D eigenvalue weighted by Crippen LogP contribution is -2.48. The number of benzene rings is 1. The second-order valence-electron chi connectivity index (χ2n) is 7.79. The lowest BCUT2D eigenvalue weighted by molar-refractivity contribution is 0.196. The van der Waals surface area contributed by atoms with Gasteiger partial charge in [0.15, 0.2) is 5.96 Å². The molecule has 0 amide bonds. The summed E-state index contributed by atoms with van der Waals surface area (Å²) in [7, 11) is 0. The molecule has 0 saturated carbocycles. The number of hydrogen-bond acceptors (Lipinski definition) is 4. The summed E-state index contributed by atoms with van der Waals surface area (Å²) in [5.41, 5.74) is 4.04. The Bertz CT molecular complexity index is 790. The van der Waals surface area contributed by atoms with Gasteiger partial charge in [0.25, 0.3) is 0 Å². The summed E-state index contributed by atoms with van der Waals surface area (Å²) in [6.07, 6.45) is 4.04. The summed E-state index contributed by atoms with van der Waals surface area (Å²) < 4.78 is 0. The number of rotatable bonds is 6. The predicted molar refractivity (Wildman–Crippen MR) is 118 cm³/mol. The molecule has 2 aromatic rings. The van der Waals surface area contributed by atoms with Crippen LogP contribution in [-0.4, -0.2) is 46.6 Å². The molecule has 0 bridgehead atoms. The van der Waals surface area contributed by atoms with E-state index < -0.39 is 0 Å². The number of phenols is 1. The zero-order valence-electron chi connectivity index (χ0n) is 17.8. The fourth-order valence-corrected chi connectivity index (χ4v) is 3.78. The van der Waals surface area contributed by atoms with Crippen molar-refractivity contribution in [3.05, 3.63) is 58.9 Å². The summed E-state index contributed by atoms with van der Waals surface area (Å²) in [6.45, 7) is 10.4. The fraction of sp³-hybridized carbons (Fsp3) is 0.478. The number of nitrogens with zero attached hydrogens (tertiary/aromatic N) is 3. The number of likely N-dealkylation sites (tertiary alicyclic amines) is 1. The Morgan fingerprint density at radius 3 is 2.55 bits per heavy atom. The first-order chi connectivity index (χ1) is 14.0. The lowest BCUT2D eigenvalue weighted by atomic mass is 10.0. The van der Waals surface area contributed by atoms with Crippen molar-refractivity contribution in [2.75, 3.05) is 19.6 Å². The molecular formula is C23H33N5O. The largest absolute Gasteiger partial charge is 0.507 e. The maximum absolute atomic E-state index is 9.95. The van der Waals surface area contributed by atoms with E-state index in [-0.39, 0.29) is 0 Å². The van der Waals surface area contributed by atoms with Gasteiger partial charge in [-0.3, -0.25) is 9.88 Å². The van der Waals surface area contributed by atoms with E-state index in [1.807, 2.05) is 44.3 Å². The molecule has 6 nitrogen and oxygen atoms in total. The van der Waals surface area contributed by atoms with Crippen LogP contribution < -0.4 is 10.6 Å². The summed E-state index contributed by atoms with van der Waals surface area (Å²) in [4.78, 5) is 11.7. The normalized spacial score (nSPS) is 16.0. The second-order valence-corrected chi connectivity index (χ2v) is 7.79. The zero-order valence-corrected chi connectivity index (χ0v) is 17.8. The molecule has 3 rings (SSSR count). The third-order valence-electron chi connectivity index (χ3n) is 5.35. The minimum atomic E-state index is 0.375. The molecule has 1 aliphatic rings. The van der Waals surface area contributed by atoms with Gasteiger partial charge >= 0.3 is 0 Å². The van der Waals surface area contributed by atoms with E-state index in [0.29, 0.717) is 18.3 Å². The number of phenolic OH excluding ortho intramolecular Hbond substituents is 1. The quantitative estimate of drug-likeness (QED) is 0.518. The van der Waals surface area contributed by atoms with E-state index in [1.165, 1.54) is 0 Å². The van der Waals surface area contributed by atoms with Gasteiger partial charge in [0.1, 0.15) is 5.75 Å². The third kappa shape index (κ3) is 6.19. The molecule has 1 fully saturated rings. The monoisotopic (exact) mass is 395 g/mol. The molecule has 0 spiro atoms. The van der Waals surface area contributed by atoms with Gasteiger partial charge in [-0.2, -0.15) is 0 Å². The molecular weight excluding hydrogens is 362 g/mol. The number of pyridine rings is 1. The summed E-state index contributed by atoms with van der Waals surface area (Å²) in [5, 5.41) is 16.9. The Kier molecular flexibility index (Phi) is 7.47. The van der Waals surface area contributed by atoms with Crippen LogP contribution in [0.5, 0.6) is 5.75 Å². The highest BCUT2D eigenvalue weighted by atomic mass is 16.3. The maximum Gasteiger partial charge on any atom is 0.191 e. The number of aromatic nitrogens is 1. The third-order valence-corrected chi connectivity index (χ3v) is 5.35. The first-order valence-electron chi connectivity index (χ1n) is 10.5. The molecule has 156 valence electrons. The maximum atomic E-state index is 9.95. The van der Waals surface area contributed by atoms with Crippen LogP contribution in [0.1, 0.15) is 42.1 Å². The molecule has 1 aromatic heterocycles. The number of hydrogen-bond donors (Lipinski definition) is 3. The van der Waals surface area contributed by atoms with Crippen molar-refractivity contribution < 1.29 is 5.11 Å². The molecule has 0 unspecified atom stereocenters. The topological polar surface area (TPSA) is 72.8 Å². The van der Waals surface area contributed by atoms with Gasteiger partial charge in [0.05, 0.1) is 12.2 Å². The van der Waals surface area contributed by atoms with E-state index in [0.717, 1.165) is 67.4 Å². The van der Waals surface area contributed by atoms with E-state index >= 15 is 0 Å². The Morgan fingerprint density at radius 2 is 1.93 bits per heavy atom. The van der Waals surface area contributed by atoms with Crippen LogP contribution in [0.2, 0.25) is 0 Å². The van der Waals surface area contributed by atoms with E-state index in [1.54, 1.807) is 0 Å². The van der Waals surface area contributed by atoms with Gasteiger partial charge in [-0.1, -0.05) is 18.2 Å². The molecule has 1 saturated heterocycles. The highest BCUT2D eigenvalue weighted by molar-refractivity contribution is 5.80. The van der Waals surface area contributed by atoms with Crippen molar-refractivity contribution in [2.24, 2.45) is 4.99 Å². The number of guanidine groups is 1. The molecule has 0 radical (unpaired) electrons. The van der Waals surface area contributed by atoms with Crippen LogP contribution >= 0.6 is 0 Å². The molecule has 29 heavy (non-hydrogen) atoms. The van der Waals surface area contributed by atoms with Crippen LogP contribution in [0, 0.1) is 13.8 Å². The van der Waals surface area contributed by atoms with Crippen LogP contribution in [0.3, 0.4) is 0 Å². The molecule has 6 heteroatoms. The second kappa shape index (κ2) is 10.3. The number of aliphatic imine (C=N–C) groups is 1. The summed E-state index contributed by atoms with van der Waals surface area (Å²) in [5.74, 6) is 1.24. The van der Waals surface area contributed by atoms with E-state index in [2.05, 4.69) is 33.5 Å². The smallest absolute Gasteiger partial charge is 0.191 e. The van der Waals surface area contributed by atoms with Crippen molar-refractivity contribution in [1.82, 2.24) is 20.5 Å². The SMILES string of the molecule is CCNC(=NCc1cc(C)c(O)c(C)c1)NC1CCN(Cc2ccccn2)CC1. The molecule has 1 aromatic carbocycles. The van der Waals surface area contributed by atoms with Crippen LogP contribution in [0.4, 0.5) is 0 Å². The van der Waals surface area contributed by atoms with Gasteiger partial charge in [0.2, 0.25) is 0 Å². The van der Waals surface area contributed by atoms with Crippen molar-refractivity contribution in [1.29, 1.82) is 0 Å². The highest BCUT2D eigenvalue weighted by Crippen LogP contribution is 2.23. The number of nitrogens with one attached hydrogen (secondary N) is 2. The van der Waals surface area contributed by atoms with Crippen molar-refractivity contribution in [3.63, 3.8) is 0 Å². The standard InChI is InChI=1S/C23H33N5O/c1-4-24-23(26-15-19-13-17(2)22(29)18(3)14-19)27-20-8-11-28(12-9-20)16-21-7-5-6-10-25-21/h5-7,10,13-14,20,29H,4,8-9,11-12,15-16H2,1-3H3,(H2,24,26,27). The number of piperidine rings is 1. The number of aromatic hydroxyl groups is 1. The van der Waals surface area contributed by atoms with Gasteiger partial charge in [-0.05, 0) is 62.4 Å². The molecule has 1 aliphatic heterocycles. The number of aryl methyl sites for hydroxylation is 2. The minimum Gasteiger partial charge on any atom is -0.507 e. The van der Waals surface area contributed by atoms with Crippen molar-refractivity contribution in [2.45, 2.75) is 52.7 Å². The zero-order chi connectivity index (χ0) is 20.6. The Morgan fingerprint density at radius 1 is 1.21 bits per heavy atom. The van der Waals surface area contributed by atoms with Gasteiger partial charge < -0.3 is 15.7 Å². The average molecular weight is 396 g/mol. The Labute approximate surface area is 174 Å². The van der Waals surface area contributed by atoms with Crippen LogP contribution in [-0.2, 0) is 13.1 Å². The highest BCUT2D eigenvalue weighted by Gasteiger charge is 2.20. The molecule has 2 heterocycles.